The molecular weight excluding hydrogens is 795 g/mol. The second-order valence-corrected chi connectivity index (χ2v) is 14.1. The molecule has 17 heteroatoms. The summed E-state index contributed by atoms with van der Waals surface area (Å²) in [6.45, 7) is 4.70. The van der Waals surface area contributed by atoms with Crippen LogP contribution in [0, 0.1) is 23.3 Å². The summed E-state index contributed by atoms with van der Waals surface area (Å²) in [7, 11) is 0. The van der Waals surface area contributed by atoms with Gasteiger partial charge in [0.1, 0.15) is 22.2 Å². The molecule has 0 unspecified atom stereocenters. The van der Waals surface area contributed by atoms with Crippen LogP contribution < -0.4 is 25.6 Å². The van der Waals surface area contributed by atoms with Crippen LogP contribution in [0.4, 0.5) is 17.6 Å². The third-order valence-electron chi connectivity index (χ3n) is 9.71. The molecule has 4 aromatic carbocycles. The van der Waals surface area contributed by atoms with Gasteiger partial charge in [-0.15, -0.1) is 0 Å². The number of benzene rings is 4. The van der Waals surface area contributed by atoms with E-state index < -0.39 is 57.5 Å². The lowest BCUT2D eigenvalue weighted by Gasteiger charge is -2.24. The molecule has 1 amide bonds. The number of aromatic nitrogens is 2. The first-order valence-corrected chi connectivity index (χ1v) is 18.4. The Bertz CT molecular complexity index is 2820. The van der Waals surface area contributed by atoms with Crippen molar-refractivity contribution in [3.05, 3.63) is 126 Å². The molecule has 1 fully saturated rings. The third kappa shape index (κ3) is 6.64. The lowest BCUT2D eigenvalue weighted by molar-refractivity contribution is 0.0524. The third-order valence-corrected chi connectivity index (χ3v) is 10.2. The normalized spacial score (nSPS) is 13.6. The number of halogens is 6. The van der Waals surface area contributed by atoms with Crippen molar-refractivity contribution in [2.24, 2.45) is 0 Å². The van der Waals surface area contributed by atoms with Crippen molar-refractivity contribution in [1.82, 2.24) is 19.4 Å². The van der Waals surface area contributed by atoms with Crippen molar-refractivity contribution >= 4 is 56.9 Å². The van der Waals surface area contributed by atoms with Crippen LogP contribution in [0.15, 0.2) is 70.5 Å². The molecule has 0 radical (unpaired) electrons. The minimum Gasteiger partial charge on any atom is -0.462 e. The number of ether oxygens (including phenoxy) is 3. The van der Waals surface area contributed by atoms with Crippen molar-refractivity contribution in [3.8, 4) is 34.4 Å². The highest BCUT2D eigenvalue weighted by atomic mass is 35.5. The molecule has 6 aromatic rings. The molecule has 1 N–H and O–H groups in total. The van der Waals surface area contributed by atoms with Crippen LogP contribution in [-0.2, 0) is 4.74 Å². The zero-order valence-corrected chi connectivity index (χ0v) is 31.2. The number of hydrogen-bond acceptors (Lipinski definition) is 8. The van der Waals surface area contributed by atoms with E-state index in [-0.39, 0.29) is 51.0 Å². The number of nitrogens with one attached hydrogen (secondary N) is 1. The van der Waals surface area contributed by atoms with Gasteiger partial charge < -0.3 is 33.6 Å². The topological polar surface area (TPSA) is 121 Å². The van der Waals surface area contributed by atoms with E-state index in [2.05, 4.69) is 10.2 Å². The number of hydrogen-bond donors (Lipinski definition) is 1. The van der Waals surface area contributed by atoms with Gasteiger partial charge >= 0.3 is 5.97 Å². The van der Waals surface area contributed by atoms with E-state index in [0.29, 0.717) is 34.5 Å². The van der Waals surface area contributed by atoms with Gasteiger partial charge in [-0.2, -0.15) is 8.78 Å². The minimum atomic E-state index is -1.26. The van der Waals surface area contributed by atoms with Gasteiger partial charge in [-0.05, 0) is 81.4 Å². The largest absolute Gasteiger partial charge is 0.462 e. The molecule has 3 aliphatic rings. The van der Waals surface area contributed by atoms with Crippen LogP contribution in [0.1, 0.15) is 40.5 Å². The molecule has 292 valence electrons. The maximum Gasteiger partial charge on any atom is 0.343 e. The van der Waals surface area contributed by atoms with Crippen LogP contribution in [0.2, 0.25) is 10.0 Å². The van der Waals surface area contributed by atoms with Gasteiger partial charge in [0.15, 0.2) is 34.6 Å². The molecule has 5 heterocycles. The highest BCUT2D eigenvalue weighted by molar-refractivity contribution is 6.31. The lowest BCUT2D eigenvalue weighted by atomic mass is 10.1. The molecule has 0 spiro atoms. The number of nitrogens with zero attached hydrogens (tertiary/aromatic N) is 3. The molecule has 2 aromatic heterocycles. The number of rotatable bonds is 6. The predicted molar refractivity (Wildman–Crippen MR) is 203 cm³/mol. The molecule has 0 bridgehead atoms. The van der Waals surface area contributed by atoms with E-state index in [9.17, 15) is 36.7 Å². The Morgan fingerprint density at radius 3 is 1.75 bits per heavy atom. The van der Waals surface area contributed by atoms with Crippen LogP contribution in [0.5, 0.6) is 23.0 Å². The highest BCUT2D eigenvalue weighted by Crippen LogP contribution is 2.44. The maximum atomic E-state index is 14.5. The van der Waals surface area contributed by atoms with Crippen molar-refractivity contribution in [2.45, 2.75) is 19.8 Å². The average Bonchev–Trinajstić information content (AvgIpc) is 3.71. The second kappa shape index (κ2) is 14.9. The second-order valence-electron chi connectivity index (χ2n) is 13.2. The number of fused-ring (bicyclic) bond motifs is 4. The van der Waals surface area contributed by atoms with E-state index in [1.165, 1.54) is 45.8 Å². The summed E-state index contributed by atoms with van der Waals surface area (Å²) < 4.78 is 75.8. The van der Waals surface area contributed by atoms with E-state index in [4.69, 9.17) is 37.4 Å². The van der Waals surface area contributed by atoms with Gasteiger partial charge in [0, 0.05) is 35.5 Å². The van der Waals surface area contributed by atoms with Crippen molar-refractivity contribution < 1.29 is 41.4 Å². The molecule has 3 aliphatic heterocycles. The van der Waals surface area contributed by atoms with Crippen LogP contribution >= 0.6 is 23.2 Å². The number of carbonyl (C=O) groups is 2. The number of likely N-dealkylation sites (tertiary alicyclic amines) is 1. The standard InChI is InChI=1S/C22H18ClF2N3O3.C18H10ClF2NO4/c23-12-3-4-17-16(9-12)28-11-14(22(30)26-5-8-27-6-1-2-7-27)20(29)13-10-15(24)18(25)21(31-17)19(13)28;1-2-25-18(24)10-7-22-12-5-8(19)3-4-13(12)26-17-14(21)11(20)6-9(15(17)22)16(10)23/h3-4,9-11H,1-2,5-8H2,(H,26,30);3-7H,2H2,1H3. The van der Waals surface area contributed by atoms with Gasteiger partial charge in [-0.3, -0.25) is 14.4 Å². The Balaban J connectivity index is 0.000000162. The molecule has 0 atom stereocenters. The number of esters is 1. The number of pyridine rings is 2. The molecule has 0 aliphatic carbocycles. The van der Waals surface area contributed by atoms with E-state index >= 15 is 0 Å². The Morgan fingerprint density at radius 1 is 0.754 bits per heavy atom. The van der Waals surface area contributed by atoms with E-state index in [1.54, 1.807) is 19.1 Å². The highest BCUT2D eigenvalue weighted by Gasteiger charge is 2.31. The summed E-state index contributed by atoms with van der Waals surface area (Å²) in [5.74, 6) is -6.74. The molecule has 1 saturated heterocycles. The quantitative estimate of drug-likeness (QED) is 0.132. The summed E-state index contributed by atoms with van der Waals surface area (Å²) in [5, 5.41) is 3.16. The Kier molecular flexibility index (Phi) is 9.92. The smallest absolute Gasteiger partial charge is 0.343 e. The monoisotopic (exact) mass is 822 g/mol. The average molecular weight is 824 g/mol. The molecule has 9 rings (SSSR count). The van der Waals surface area contributed by atoms with Gasteiger partial charge in [0.05, 0.1) is 28.8 Å². The summed E-state index contributed by atoms with van der Waals surface area (Å²) in [5.41, 5.74) is -1.08. The first-order chi connectivity index (χ1) is 27.4. The van der Waals surface area contributed by atoms with E-state index in [0.717, 1.165) is 38.1 Å². The fourth-order valence-corrected chi connectivity index (χ4v) is 7.40. The molecular formula is C40H28Cl2F4N4O7. The molecule has 0 saturated carbocycles. The summed E-state index contributed by atoms with van der Waals surface area (Å²) in [6, 6.07) is 10.7. The summed E-state index contributed by atoms with van der Waals surface area (Å²) in [4.78, 5) is 52.9. The zero-order chi connectivity index (χ0) is 40.3. The SMILES string of the molecule is CCOC(=O)c1cn2c3c(c(F)c(F)cc3c1=O)Oc1ccc(Cl)cc1-2.O=C(NCCN1CCCC1)c1cn2c3c(c(F)c(F)cc3c1=O)Oc1ccc(Cl)cc1-2. The Morgan fingerprint density at radius 2 is 1.25 bits per heavy atom. The molecule has 57 heavy (non-hydrogen) atoms. The first kappa shape index (κ1) is 38.0. The summed E-state index contributed by atoms with van der Waals surface area (Å²) in [6.07, 6.45) is 4.82. The van der Waals surface area contributed by atoms with E-state index in [1.807, 2.05) is 0 Å². The zero-order valence-electron chi connectivity index (χ0n) is 29.7. The molecule has 11 nitrogen and oxygen atoms in total. The Hall–Kier alpha value is -5.90. The van der Waals surface area contributed by atoms with Gasteiger partial charge in [-0.25, -0.2) is 13.6 Å². The van der Waals surface area contributed by atoms with Gasteiger partial charge in [0.25, 0.3) is 5.91 Å². The van der Waals surface area contributed by atoms with Crippen LogP contribution in [-0.4, -0.2) is 58.7 Å². The van der Waals surface area contributed by atoms with Crippen LogP contribution in [0.25, 0.3) is 33.2 Å². The minimum absolute atomic E-state index is 0.0108. The van der Waals surface area contributed by atoms with Crippen molar-refractivity contribution in [3.63, 3.8) is 0 Å². The van der Waals surface area contributed by atoms with Gasteiger partial charge in [-0.1, -0.05) is 23.2 Å². The fraction of sp³-hybridized carbons (Fsp3) is 0.200. The van der Waals surface area contributed by atoms with Gasteiger partial charge in [0.2, 0.25) is 22.5 Å². The van der Waals surface area contributed by atoms with Crippen molar-refractivity contribution in [1.29, 1.82) is 0 Å². The fourth-order valence-electron chi connectivity index (χ4n) is 7.07. The summed E-state index contributed by atoms with van der Waals surface area (Å²) >= 11 is 12.1. The first-order valence-electron chi connectivity index (χ1n) is 17.6. The van der Waals surface area contributed by atoms with Crippen molar-refractivity contribution in [2.75, 3.05) is 32.8 Å². The number of carbonyl (C=O) groups excluding carboxylic acids is 2. The lowest BCUT2D eigenvalue weighted by Crippen LogP contribution is -2.36. The predicted octanol–water partition coefficient (Wildman–Crippen LogP) is 8.06. The number of amides is 1. The maximum absolute atomic E-state index is 14.5. The Labute approximate surface area is 329 Å². The van der Waals surface area contributed by atoms with Crippen LogP contribution in [0.3, 0.4) is 0 Å².